The standard InChI is InChI=1S/C14H17ClO2/c15-12(8-10-2-3-10)11-4-5-13-14(9-11)17-7-1-6-16-13/h4-5,9-10,12H,1-3,6-8H2. The Balaban J connectivity index is 1.78. The van der Waals surface area contributed by atoms with Crippen molar-refractivity contribution in [3.63, 3.8) is 0 Å². The van der Waals surface area contributed by atoms with Crippen molar-refractivity contribution in [1.82, 2.24) is 0 Å². The van der Waals surface area contributed by atoms with Gasteiger partial charge in [0.05, 0.1) is 18.6 Å². The second kappa shape index (κ2) is 4.77. The van der Waals surface area contributed by atoms with E-state index in [-0.39, 0.29) is 5.38 Å². The lowest BCUT2D eigenvalue weighted by atomic mass is 10.1. The van der Waals surface area contributed by atoms with Crippen LogP contribution >= 0.6 is 11.6 Å². The van der Waals surface area contributed by atoms with Crippen LogP contribution in [0.1, 0.15) is 36.6 Å². The summed E-state index contributed by atoms with van der Waals surface area (Å²) in [5.74, 6) is 2.54. The summed E-state index contributed by atoms with van der Waals surface area (Å²) >= 11 is 6.43. The highest BCUT2D eigenvalue weighted by Gasteiger charge is 2.25. The molecular formula is C14H17ClO2. The maximum absolute atomic E-state index is 6.43. The lowest BCUT2D eigenvalue weighted by molar-refractivity contribution is 0.297. The molecule has 0 spiro atoms. The van der Waals surface area contributed by atoms with E-state index < -0.39 is 0 Å². The summed E-state index contributed by atoms with van der Waals surface area (Å²) in [5.41, 5.74) is 1.16. The minimum absolute atomic E-state index is 0.111. The highest BCUT2D eigenvalue weighted by Crippen LogP contribution is 2.42. The molecule has 1 aromatic rings. The fraction of sp³-hybridized carbons (Fsp3) is 0.571. The van der Waals surface area contributed by atoms with Gasteiger partial charge in [-0.1, -0.05) is 18.9 Å². The lowest BCUT2D eigenvalue weighted by Gasteiger charge is -2.13. The summed E-state index contributed by atoms with van der Waals surface area (Å²) in [6.07, 6.45) is 4.71. The summed E-state index contributed by atoms with van der Waals surface area (Å²) in [6, 6.07) is 6.09. The molecule has 1 fully saturated rings. The number of alkyl halides is 1. The average molecular weight is 253 g/mol. The van der Waals surface area contributed by atoms with Gasteiger partial charge in [0.2, 0.25) is 0 Å². The summed E-state index contributed by atoms with van der Waals surface area (Å²) in [7, 11) is 0. The topological polar surface area (TPSA) is 18.5 Å². The molecule has 1 atom stereocenters. The summed E-state index contributed by atoms with van der Waals surface area (Å²) in [6.45, 7) is 1.46. The van der Waals surface area contributed by atoms with Crippen molar-refractivity contribution in [1.29, 1.82) is 0 Å². The number of ether oxygens (including phenoxy) is 2. The zero-order valence-electron chi connectivity index (χ0n) is 9.82. The van der Waals surface area contributed by atoms with E-state index in [2.05, 4.69) is 6.07 Å². The van der Waals surface area contributed by atoms with Gasteiger partial charge in [0.15, 0.2) is 11.5 Å². The number of benzene rings is 1. The van der Waals surface area contributed by atoms with Crippen LogP contribution in [-0.2, 0) is 0 Å². The van der Waals surface area contributed by atoms with Crippen molar-refractivity contribution >= 4 is 11.6 Å². The Hall–Kier alpha value is -0.890. The maximum atomic E-state index is 6.43. The third-order valence-electron chi connectivity index (χ3n) is 3.37. The van der Waals surface area contributed by atoms with E-state index in [0.717, 1.165) is 49.0 Å². The van der Waals surface area contributed by atoms with E-state index in [1.54, 1.807) is 0 Å². The average Bonchev–Trinajstić information content (AvgIpc) is 3.14. The molecule has 1 saturated carbocycles. The van der Waals surface area contributed by atoms with Crippen molar-refractivity contribution in [2.75, 3.05) is 13.2 Å². The van der Waals surface area contributed by atoms with Gasteiger partial charge in [-0.25, -0.2) is 0 Å². The van der Waals surface area contributed by atoms with Crippen LogP contribution in [0.15, 0.2) is 18.2 Å². The van der Waals surface area contributed by atoms with Crippen molar-refractivity contribution < 1.29 is 9.47 Å². The molecule has 0 radical (unpaired) electrons. The van der Waals surface area contributed by atoms with Crippen LogP contribution in [0.5, 0.6) is 11.5 Å². The Kier molecular flexibility index (Phi) is 3.15. The number of hydrogen-bond acceptors (Lipinski definition) is 2. The lowest BCUT2D eigenvalue weighted by Crippen LogP contribution is -1.97. The van der Waals surface area contributed by atoms with Gasteiger partial charge in [0, 0.05) is 6.42 Å². The largest absolute Gasteiger partial charge is 0.490 e. The molecule has 1 heterocycles. The molecule has 1 unspecified atom stereocenters. The predicted molar refractivity (Wildman–Crippen MR) is 68.0 cm³/mol. The Morgan fingerprint density at radius 1 is 1.18 bits per heavy atom. The zero-order chi connectivity index (χ0) is 11.7. The van der Waals surface area contributed by atoms with Crippen LogP contribution in [0.4, 0.5) is 0 Å². The second-order valence-corrected chi connectivity index (χ2v) is 5.43. The molecular weight excluding hydrogens is 236 g/mol. The normalized spacial score (nSPS) is 20.8. The van der Waals surface area contributed by atoms with E-state index in [0.29, 0.717) is 0 Å². The Morgan fingerprint density at radius 3 is 2.71 bits per heavy atom. The van der Waals surface area contributed by atoms with Crippen LogP contribution in [0, 0.1) is 5.92 Å². The first-order valence-corrected chi connectivity index (χ1v) is 6.80. The Morgan fingerprint density at radius 2 is 1.94 bits per heavy atom. The Labute approximate surface area is 107 Å². The van der Waals surface area contributed by atoms with Gasteiger partial charge < -0.3 is 9.47 Å². The van der Waals surface area contributed by atoms with Crippen molar-refractivity contribution in [2.24, 2.45) is 5.92 Å². The van der Waals surface area contributed by atoms with Gasteiger partial charge in [-0.2, -0.15) is 0 Å². The number of fused-ring (bicyclic) bond motifs is 1. The quantitative estimate of drug-likeness (QED) is 0.759. The first kappa shape index (κ1) is 11.2. The van der Waals surface area contributed by atoms with Gasteiger partial charge in [-0.3, -0.25) is 0 Å². The second-order valence-electron chi connectivity index (χ2n) is 4.90. The molecule has 0 amide bonds. The maximum Gasteiger partial charge on any atom is 0.161 e. The minimum atomic E-state index is 0.111. The van der Waals surface area contributed by atoms with Crippen LogP contribution < -0.4 is 9.47 Å². The SMILES string of the molecule is ClC(CC1CC1)c1ccc2c(c1)OCCCO2. The molecule has 0 aromatic heterocycles. The molecule has 92 valence electrons. The Bertz CT molecular complexity index is 401. The first-order valence-electron chi connectivity index (χ1n) is 6.36. The molecule has 17 heavy (non-hydrogen) atoms. The summed E-state index contributed by atoms with van der Waals surface area (Å²) in [4.78, 5) is 0. The highest BCUT2D eigenvalue weighted by atomic mass is 35.5. The van der Waals surface area contributed by atoms with E-state index in [9.17, 15) is 0 Å². The molecule has 3 heteroatoms. The first-order chi connectivity index (χ1) is 8.33. The van der Waals surface area contributed by atoms with Crippen molar-refractivity contribution in [2.45, 2.75) is 31.1 Å². The van der Waals surface area contributed by atoms with Crippen LogP contribution in [0.3, 0.4) is 0 Å². The van der Waals surface area contributed by atoms with Crippen LogP contribution in [0.25, 0.3) is 0 Å². The van der Waals surface area contributed by atoms with Crippen molar-refractivity contribution in [3.05, 3.63) is 23.8 Å². The number of rotatable bonds is 3. The molecule has 0 N–H and O–H groups in total. The van der Waals surface area contributed by atoms with Gasteiger partial charge in [-0.15, -0.1) is 11.6 Å². The molecule has 1 aliphatic carbocycles. The smallest absolute Gasteiger partial charge is 0.161 e. The summed E-state index contributed by atoms with van der Waals surface area (Å²) in [5, 5.41) is 0.111. The predicted octanol–water partition coefficient (Wildman–Crippen LogP) is 3.93. The fourth-order valence-corrected chi connectivity index (χ4v) is 2.54. The van der Waals surface area contributed by atoms with Gasteiger partial charge in [0.1, 0.15) is 0 Å². The van der Waals surface area contributed by atoms with Gasteiger partial charge in [-0.05, 0) is 30.0 Å². The van der Waals surface area contributed by atoms with Crippen molar-refractivity contribution in [3.8, 4) is 11.5 Å². The third kappa shape index (κ3) is 2.68. The third-order valence-corrected chi connectivity index (χ3v) is 3.80. The van der Waals surface area contributed by atoms with E-state index >= 15 is 0 Å². The van der Waals surface area contributed by atoms with Crippen LogP contribution in [0.2, 0.25) is 0 Å². The van der Waals surface area contributed by atoms with E-state index in [4.69, 9.17) is 21.1 Å². The van der Waals surface area contributed by atoms with Gasteiger partial charge >= 0.3 is 0 Å². The fourth-order valence-electron chi connectivity index (χ4n) is 2.16. The number of hydrogen-bond donors (Lipinski definition) is 0. The molecule has 3 rings (SSSR count). The zero-order valence-corrected chi connectivity index (χ0v) is 10.6. The van der Waals surface area contributed by atoms with E-state index in [1.807, 2.05) is 12.1 Å². The molecule has 0 saturated heterocycles. The van der Waals surface area contributed by atoms with Crippen LogP contribution in [-0.4, -0.2) is 13.2 Å². The summed E-state index contributed by atoms with van der Waals surface area (Å²) < 4.78 is 11.3. The molecule has 1 aliphatic heterocycles. The highest BCUT2D eigenvalue weighted by molar-refractivity contribution is 6.20. The monoisotopic (exact) mass is 252 g/mol. The van der Waals surface area contributed by atoms with E-state index in [1.165, 1.54) is 12.8 Å². The minimum Gasteiger partial charge on any atom is -0.490 e. The van der Waals surface area contributed by atoms with Gasteiger partial charge in [0.25, 0.3) is 0 Å². The molecule has 2 nitrogen and oxygen atoms in total. The number of halogens is 1. The molecule has 0 bridgehead atoms. The molecule has 2 aliphatic rings. The molecule has 1 aromatic carbocycles.